The average molecular weight is 220 g/mol. The van der Waals surface area contributed by atoms with E-state index in [0.717, 1.165) is 18.9 Å². The molecule has 1 saturated carbocycles. The van der Waals surface area contributed by atoms with Gasteiger partial charge in [-0.25, -0.2) is 0 Å². The van der Waals surface area contributed by atoms with E-state index < -0.39 is 0 Å². The highest BCUT2D eigenvalue weighted by Gasteiger charge is 2.29. The molecule has 1 aliphatic heterocycles. The van der Waals surface area contributed by atoms with E-state index in [-0.39, 0.29) is 11.8 Å². The lowest BCUT2D eigenvalue weighted by Crippen LogP contribution is -2.28. The topological polar surface area (TPSA) is 44.1 Å². The Balaban J connectivity index is 1.73. The third-order valence-electron chi connectivity index (χ3n) is 3.93. The van der Waals surface area contributed by atoms with E-state index in [1.807, 2.05) is 4.90 Å². The van der Waals surface area contributed by atoms with E-state index in [1.165, 1.54) is 32.1 Å². The van der Waals surface area contributed by atoms with Crippen LogP contribution < -0.4 is 0 Å². The average Bonchev–Trinajstić information content (AvgIpc) is 2.69. The molecule has 3 heteroatoms. The number of amides is 1. The predicted molar refractivity (Wildman–Crippen MR) is 61.5 cm³/mol. The van der Waals surface area contributed by atoms with Gasteiger partial charge >= 0.3 is 0 Å². The van der Waals surface area contributed by atoms with Crippen molar-refractivity contribution in [3.8, 4) is 6.07 Å². The molecule has 2 rings (SSSR count). The molecular formula is C13H20N2O. The molecule has 16 heavy (non-hydrogen) atoms. The highest BCUT2D eigenvalue weighted by Crippen LogP contribution is 2.27. The smallest absolute Gasteiger partial charge is 0.224 e. The molecule has 0 aromatic carbocycles. The molecule has 3 nitrogen and oxygen atoms in total. The van der Waals surface area contributed by atoms with Crippen molar-refractivity contribution in [1.29, 1.82) is 5.26 Å². The van der Waals surface area contributed by atoms with E-state index in [0.29, 0.717) is 13.0 Å². The number of rotatable bonds is 3. The summed E-state index contributed by atoms with van der Waals surface area (Å²) in [4.78, 5) is 13.5. The first-order valence-corrected chi connectivity index (χ1v) is 6.47. The molecular weight excluding hydrogens is 200 g/mol. The summed E-state index contributed by atoms with van der Waals surface area (Å²) in [6, 6.07) is 2.20. The first kappa shape index (κ1) is 11.4. The van der Waals surface area contributed by atoms with Crippen LogP contribution in [0.3, 0.4) is 0 Å². The van der Waals surface area contributed by atoms with Crippen LogP contribution in [0.4, 0.5) is 0 Å². The quantitative estimate of drug-likeness (QED) is 0.732. The van der Waals surface area contributed by atoms with Crippen molar-refractivity contribution in [2.75, 3.05) is 13.1 Å². The van der Waals surface area contributed by atoms with E-state index in [1.54, 1.807) is 0 Å². The van der Waals surface area contributed by atoms with Gasteiger partial charge in [0.1, 0.15) is 0 Å². The first-order chi connectivity index (χ1) is 7.79. The minimum atomic E-state index is -0.0566. The van der Waals surface area contributed by atoms with E-state index in [2.05, 4.69) is 6.07 Å². The number of carbonyl (C=O) groups is 1. The molecule has 1 aliphatic carbocycles. The molecule has 0 aromatic heterocycles. The standard InChI is InChI=1S/C13H20N2O/c14-9-12-8-13(16)15(10-12)7-6-11-4-2-1-3-5-11/h11-12H,1-8,10H2. The van der Waals surface area contributed by atoms with Crippen LogP contribution in [0.2, 0.25) is 0 Å². The van der Waals surface area contributed by atoms with Crippen molar-refractivity contribution < 1.29 is 4.79 Å². The van der Waals surface area contributed by atoms with Crippen molar-refractivity contribution in [3.05, 3.63) is 0 Å². The molecule has 88 valence electrons. The summed E-state index contributed by atoms with van der Waals surface area (Å²) in [5.74, 6) is 0.948. The van der Waals surface area contributed by atoms with E-state index in [4.69, 9.17) is 5.26 Å². The lowest BCUT2D eigenvalue weighted by Gasteiger charge is -2.24. The van der Waals surface area contributed by atoms with Crippen molar-refractivity contribution in [2.24, 2.45) is 11.8 Å². The molecule has 0 spiro atoms. The molecule has 0 aromatic rings. The zero-order chi connectivity index (χ0) is 11.4. The summed E-state index contributed by atoms with van der Waals surface area (Å²) in [7, 11) is 0. The van der Waals surface area contributed by atoms with Crippen molar-refractivity contribution in [3.63, 3.8) is 0 Å². The fraction of sp³-hybridized carbons (Fsp3) is 0.846. The molecule has 0 radical (unpaired) electrons. The van der Waals surface area contributed by atoms with Gasteiger partial charge in [0.05, 0.1) is 12.0 Å². The summed E-state index contributed by atoms with van der Waals surface area (Å²) in [6.45, 7) is 1.55. The van der Waals surface area contributed by atoms with Gasteiger partial charge in [-0.05, 0) is 12.3 Å². The number of nitrogens with zero attached hydrogens (tertiary/aromatic N) is 2. The zero-order valence-corrected chi connectivity index (χ0v) is 9.82. The first-order valence-electron chi connectivity index (χ1n) is 6.47. The Morgan fingerprint density at radius 3 is 2.69 bits per heavy atom. The van der Waals surface area contributed by atoms with Crippen LogP contribution in [-0.4, -0.2) is 23.9 Å². The van der Waals surface area contributed by atoms with Crippen molar-refractivity contribution in [2.45, 2.75) is 44.9 Å². The third-order valence-corrected chi connectivity index (χ3v) is 3.93. The summed E-state index contributed by atoms with van der Waals surface area (Å²) in [6.07, 6.45) is 8.37. The van der Waals surface area contributed by atoms with Gasteiger partial charge in [-0.15, -0.1) is 0 Å². The summed E-state index contributed by atoms with van der Waals surface area (Å²) in [5, 5.41) is 8.79. The molecule has 1 saturated heterocycles. The van der Waals surface area contributed by atoms with Gasteiger partial charge < -0.3 is 4.90 Å². The lowest BCUT2D eigenvalue weighted by atomic mass is 9.87. The number of hydrogen-bond acceptors (Lipinski definition) is 2. The van der Waals surface area contributed by atoms with Gasteiger partial charge in [-0.1, -0.05) is 32.1 Å². The summed E-state index contributed by atoms with van der Waals surface area (Å²) < 4.78 is 0. The molecule has 1 atom stereocenters. The van der Waals surface area contributed by atoms with Gasteiger partial charge in [-0.3, -0.25) is 4.79 Å². The van der Waals surface area contributed by atoms with Crippen LogP contribution in [0.25, 0.3) is 0 Å². The van der Waals surface area contributed by atoms with Gasteiger partial charge in [0.2, 0.25) is 5.91 Å². The van der Waals surface area contributed by atoms with E-state index >= 15 is 0 Å². The Labute approximate surface area is 97.4 Å². The van der Waals surface area contributed by atoms with Gasteiger partial charge in [0.25, 0.3) is 0 Å². The van der Waals surface area contributed by atoms with Crippen LogP contribution in [-0.2, 0) is 4.79 Å². The molecule has 1 unspecified atom stereocenters. The minimum absolute atomic E-state index is 0.0566. The number of likely N-dealkylation sites (tertiary alicyclic amines) is 1. The second-order valence-corrected chi connectivity index (χ2v) is 5.16. The second kappa shape index (κ2) is 5.34. The van der Waals surface area contributed by atoms with Gasteiger partial charge in [-0.2, -0.15) is 5.26 Å². The number of nitriles is 1. The van der Waals surface area contributed by atoms with Crippen LogP contribution in [0.15, 0.2) is 0 Å². The van der Waals surface area contributed by atoms with Crippen LogP contribution in [0.1, 0.15) is 44.9 Å². The predicted octanol–water partition coefficient (Wildman–Crippen LogP) is 2.33. The van der Waals surface area contributed by atoms with Crippen molar-refractivity contribution >= 4 is 5.91 Å². The van der Waals surface area contributed by atoms with Crippen LogP contribution in [0.5, 0.6) is 0 Å². The highest BCUT2D eigenvalue weighted by atomic mass is 16.2. The maximum Gasteiger partial charge on any atom is 0.224 e. The Hall–Kier alpha value is -1.04. The highest BCUT2D eigenvalue weighted by molar-refractivity contribution is 5.79. The molecule has 1 amide bonds. The third kappa shape index (κ3) is 2.75. The lowest BCUT2D eigenvalue weighted by molar-refractivity contribution is -0.127. The molecule has 2 fully saturated rings. The fourth-order valence-corrected chi connectivity index (χ4v) is 2.89. The Morgan fingerprint density at radius 2 is 2.06 bits per heavy atom. The fourth-order valence-electron chi connectivity index (χ4n) is 2.89. The Bertz CT molecular complexity index is 289. The zero-order valence-electron chi connectivity index (χ0n) is 9.82. The van der Waals surface area contributed by atoms with Gasteiger partial charge in [0.15, 0.2) is 0 Å². The van der Waals surface area contributed by atoms with Crippen LogP contribution >= 0.6 is 0 Å². The molecule has 0 N–H and O–H groups in total. The summed E-state index contributed by atoms with van der Waals surface area (Å²) >= 11 is 0. The summed E-state index contributed by atoms with van der Waals surface area (Å²) in [5.41, 5.74) is 0. The second-order valence-electron chi connectivity index (χ2n) is 5.16. The maximum absolute atomic E-state index is 11.6. The molecule has 1 heterocycles. The maximum atomic E-state index is 11.6. The number of hydrogen-bond donors (Lipinski definition) is 0. The van der Waals surface area contributed by atoms with E-state index in [9.17, 15) is 4.79 Å². The van der Waals surface area contributed by atoms with Gasteiger partial charge in [0, 0.05) is 19.5 Å². The minimum Gasteiger partial charge on any atom is -0.341 e. The largest absolute Gasteiger partial charge is 0.341 e. The van der Waals surface area contributed by atoms with Crippen LogP contribution in [0, 0.1) is 23.2 Å². The SMILES string of the molecule is N#CC1CC(=O)N(CCC2CCCCC2)C1. The molecule has 2 aliphatic rings. The normalized spacial score (nSPS) is 27.1. The van der Waals surface area contributed by atoms with Crippen molar-refractivity contribution in [1.82, 2.24) is 4.90 Å². The number of carbonyl (C=O) groups excluding carboxylic acids is 1. The Kier molecular flexibility index (Phi) is 3.82. The Morgan fingerprint density at radius 1 is 1.31 bits per heavy atom. The molecule has 0 bridgehead atoms. The monoisotopic (exact) mass is 220 g/mol.